The molecular weight excluding hydrogens is 108 g/mol. The highest BCUT2D eigenvalue weighted by Gasteiger charge is 1.99. The Labute approximate surface area is 54.5 Å². The largest absolute Gasteiger partial charge is 0.0930 e. The maximum atomic E-state index is 3.05. The van der Waals surface area contributed by atoms with Gasteiger partial charge in [-0.3, -0.25) is 0 Å². The molecule has 0 N–H and O–H groups in total. The van der Waals surface area contributed by atoms with Crippen LogP contribution in [0.1, 0.15) is 11.1 Å². The molecule has 1 aromatic carbocycles. The lowest BCUT2D eigenvalue weighted by Gasteiger charge is -1.91. The van der Waals surface area contributed by atoms with Gasteiger partial charge in [-0.15, -0.1) is 0 Å². The average Bonchev–Trinajstić information content (AvgIpc) is 2.33. The van der Waals surface area contributed by atoms with Gasteiger partial charge in [0.25, 0.3) is 0 Å². The summed E-state index contributed by atoms with van der Waals surface area (Å²) in [5, 5.41) is 0. The minimum atomic E-state index is 0.941. The van der Waals surface area contributed by atoms with Crippen molar-refractivity contribution >= 4 is 0 Å². The smallest absolute Gasteiger partial charge is 0.0356 e. The van der Waals surface area contributed by atoms with Gasteiger partial charge < -0.3 is 0 Å². The molecule has 1 aromatic rings. The summed E-state index contributed by atoms with van der Waals surface area (Å²) in [5.41, 5.74) is 2.55. The summed E-state index contributed by atoms with van der Waals surface area (Å²) in [7, 11) is 0. The van der Waals surface area contributed by atoms with Crippen molar-refractivity contribution in [1.82, 2.24) is 0 Å². The fourth-order valence-electron chi connectivity index (χ4n) is 1.03. The number of rotatable bonds is 0. The molecule has 0 heterocycles. The summed E-state index contributed by atoms with van der Waals surface area (Å²) in [6.07, 6.45) is 0.941. The van der Waals surface area contributed by atoms with E-state index in [2.05, 4.69) is 24.0 Å². The Morgan fingerprint density at radius 2 is 2.11 bits per heavy atom. The lowest BCUT2D eigenvalue weighted by atomic mass is 10.1. The van der Waals surface area contributed by atoms with Crippen LogP contribution in [0.15, 0.2) is 24.3 Å². The Kier molecular flexibility index (Phi) is 0.841. The van der Waals surface area contributed by atoms with Gasteiger partial charge in [0.05, 0.1) is 0 Å². The van der Waals surface area contributed by atoms with Crippen molar-refractivity contribution in [3.05, 3.63) is 35.4 Å². The van der Waals surface area contributed by atoms with E-state index in [1.54, 1.807) is 0 Å². The minimum absolute atomic E-state index is 0.941. The molecular formula is C9H6. The SMILES string of the molecule is C1#Cc2ccccc2C1. The first kappa shape index (κ1) is 4.64. The van der Waals surface area contributed by atoms with E-state index in [0.717, 1.165) is 6.42 Å². The lowest BCUT2D eigenvalue weighted by molar-refractivity contribution is 1.34. The fraction of sp³-hybridized carbons (Fsp3) is 0.111. The molecule has 0 heteroatoms. The Morgan fingerprint density at radius 3 is 3.00 bits per heavy atom. The van der Waals surface area contributed by atoms with Crippen molar-refractivity contribution in [3.8, 4) is 11.8 Å². The van der Waals surface area contributed by atoms with Crippen LogP contribution >= 0.6 is 0 Å². The highest BCUT2D eigenvalue weighted by molar-refractivity contribution is 5.48. The van der Waals surface area contributed by atoms with Gasteiger partial charge in [0.1, 0.15) is 0 Å². The summed E-state index contributed by atoms with van der Waals surface area (Å²) < 4.78 is 0. The number of hydrogen-bond donors (Lipinski definition) is 0. The second kappa shape index (κ2) is 1.63. The number of hydrogen-bond acceptors (Lipinski definition) is 0. The molecule has 0 nitrogen and oxygen atoms in total. The molecule has 0 fully saturated rings. The summed E-state index contributed by atoms with van der Waals surface area (Å²) in [6, 6.07) is 8.25. The zero-order valence-electron chi connectivity index (χ0n) is 5.02. The van der Waals surface area contributed by atoms with E-state index in [9.17, 15) is 0 Å². The molecule has 1 aliphatic rings. The summed E-state index contributed by atoms with van der Waals surface area (Å²) >= 11 is 0. The first-order valence-electron chi connectivity index (χ1n) is 3.03. The quantitative estimate of drug-likeness (QED) is 0.449. The predicted octanol–water partition coefficient (Wildman–Crippen LogP) is 1.59. The zero-order valence-corrected chi connectivity index (χ0v) is 5.02. The van der Waals surface area contributed by atoms with E-state index < -0.39 is 0 Å². The maximum absolute atomic E-state index is 3.05. The van der Waals surface area contributed by atoms with Gasteiger partial charge in [-0.1, -0.05) is 30.0 Å². The van der Waals surface area contributed by atoms with Crippen molar-refractivity contribution < 1.29 is 0 Å². The third-order valence-electron chi connectivity index (χ3n) is 1.52. The molecule has 0 radical (unpaired) electrons. The molecule has 0 amide bonds. The van der Waals surface area contributed by atoms with E-state index in [1.165, 1.54) is 11.1 Å². The lowest BCUT2D eigenvalue weighted by Crippen LogP contribution is -1.78. The fourth-order valence-corrected chi connectivity index (χ4v) is 1.03. The summed E-state index contributed by atoms with van der Waals surface area (Å²) in [5.74, 6) is 6.09. The average molecular weight is 114 g/mol. The topological polar surface area (TPSA) is 0 Å². The van der Waals surface area contributed by atoms with Gasteiger partial charge in [0.15, 0.2) is 0 Å². The van der Waals surface area contributed by atoms with Gasteiger partial charge >= 0.3 is 0 Å². The number of fused-ring (bicyclic) bond motifs is 1. The molecule has 0 bridgehead atoms. The Bertz CT molecular complexity index is 286. The molecule has 1 aliphatic carbocycles. The van der Waals surface area contributed by atoms with Gasteiger partial charge in [-0.25, -0.2) is 0 Å². The van der Waals surface area contributed by atoms with Crippen molar-refractivity contribution in [1.29, 1.82) is 0 Å². The van der Waals surface area contributed by atoms with Crippen molar-refractivity contribution in [2.75, 3.05) is 0 Å². The Balaban J connectivity index is 2.66. The van der Waals surface area contributed by atoms with Crippen LogP contribution in [0.25, 0.3) is 0 Å². The monoisotopic (exact) mass is 114 g/mol. The molecule has 0 spiro atoms. The maximum Gasteiger partial charge on any atom is 0.0356 e. The van der Waals surface area contributed by atoms with E-state index in [1.807, 2.05) is 12.1 Å². The molecule has 0 unspecified atom stereocenters. The minimum Gasteiger partial charge on any atom is -0.0930 e. The molecule has 0 saturated carbocycles. The van der Waals surface area contributed by atoms with Crippen LogP contribution in [0, 0.1) is 11.8 Å². The van der Waals surface area contributed by atoms with Crippen molar-refractivity contribution in [2.24, 2.45) is 0 Å². The Hall–Kier alpha value is -1.22. The van der Waals surface area contributed by atoms with Gasteiger partial charge in [0, 0.05) is 12.0 Å². The molecule has 42 valence electrons. The van der Waals surface area contributed by atoms with Gasteiger partial charge in [0.2, 0.25) is 0 Å². The van der Waals surface area contributed by atoms with Crippen molar-refractivity contribution in [2.45, 2.75) is 6.42 Å². The third kappa shape index (κ3) is 0.622. The second-order valence-corrected chi connectivity index (χ2v) is 2.14. The van der Waals surface area contributed by atoms with Crippen LogP contribution in [0.2, 0.25) is 0 Å². The van der Waals surface area contributed by atoms with Crippen LogP contribution in [-0.2, 0) is 6.42 Å². The first-order valence-corrected chi connectivity index (χ1v) is 3.03. The summed E-state index contributed by atoms with van der Waals surface area (Å²) in [4.78, 5) is 0. The summed E-state index contributed by atoms with van der Waals surface area (Å²) in [6.45, 7) is 0. The molecule has 9 heavy (non-hydrogen) atoms. The predicted molar refractivity (Wildman–Crippen MR) is 37.0 cm³/mol. The molecule has 0 saturated heterocycles. The van der Waals surface area contributed by atoms with Gasteiger partial charge in [-0.2, -0.15) is 0 Å². The molecule has 0 aromatic heterocycles. The molecule has 2 rings (SSSR count). The standard InChI is InChI=1S/C9H6/c1-2-5-9-7-3-6-8(9)4-1/h1-2,4-5H,6H2. The first-order chi connectivity index (χ1) is 4.47. The number of benzene rings is 1. The van der Waals surface area contributed by atoms with Crippen LogP contribution in [0.4, 0.5) is 0 Å². The third-order valence-corrected chi connectivity index (χ3v) is 1.52. The Morgan fingerprint density at radius 1 is 1.22 bits per heavy atom. The molecule has 0 aliphatic heterocycles. The zero-order chi connectivity index (χ0) is 6.10. The highest BCUT2D eigenvalue weighted by Crippen LogP contribution is 2.11. The van der Waals surface area contributed by atoms with E-state index in [0.29, 0.717) is 0 Å². The van der Waals surface area contributed by atoms with Crippen molar-refractivity contribution in [3.63, 3.8) is 0 Å². The highest BCUT2D eigenvalue weighted by atomic mass is 14.0. The van der Waals surface area contributed by atoms with Crippen LogP contribution in [-0.4, -0.2) is 0 Å². The van der Waals surface area contributed by atoms with Crippen LogP contribution in [0.5, 0.6) is 0 Å². The van der Waals surface area contributed by atoms with Crippen LogP contribution in [0.3, 0.4) is 0 Å². The normalized spacial score (nSPS) is 12.0. The van der Waals surface area contributed by atoms with Crippen LogP contribution < -0.4 is 0 Å². The van der Waals surface area contributed by atoms with E-state index in [4.69, 9.17) is 0 Å². The second-order valence-electron chi connectivity index (χ2n) is 2.14. The van der Waals surface area contributed by atoms with Gasteiger partial charge in [-0.05, 0) is 11.6 Å². The van der Waals surface area contributed by atoms with E-state index >= 15 is 0 Å². The van der Waals surface area contributed by atoms with E-state index in [-0.39, 0.29) is 0 Å². The molecule has 0 atom stereocenters.